The van der Waals surface area contributed by atoms with Crippen LogP contribution in [-0.2, 0) is 27.7 Å². The Labute approximate surface area is 146 Å². The number of hydrogen-bond donors (Lipinski definition) is 1. The molecule has 132 valence electrons. The fourth-order valence-electron chi connectivity index (χ4n) is 2.82. The molecule has 0 unspecified atom stereocenters. The lowest BCUT2D eigenvalue weighted by Gasteiger charge is -2.16. The van der Waals surface area contributed by atoms with Crippen molar-refractivity contribution >= 4 is 22.1 Å². The highest BCUT2D eigenvalue weighted by molar-refractivity contribution is 7.93. The third-order valence-electron chi connectivity index (χ3n) is 4.17. The highest BCUT2D eigenvalue weighted by Gasteiger charge is 2.22. The van der Waals surface area contributed by atoms with Gasteiger partial charge in [0.1, 0.15) is 17.1 Å². The predicted octanol–water partition coefficient (Wildman–Crippen LogP) is 2.78. The second kappa shape index (κ2) is 6.85. The second-order valence-corrected chi connectivity index (χ2v) is 7.63. The molecule has 1 aliphatic rings. The minimum atomic E-state index is -3.62. The van der Waals surface area contributed by atoms with Crippen molar-refractivity contribution in [2.45, 2.75) is 26.3 Å². The number of nitrogens with one attached hydrogen (secondary N) is 1. The number of fused-ring (bicyclic) bond motifs is 1. The van der Waals surface area contributed by atoms with Crippen molar-refractivity contribution < 1.29 is 22.4 Å². The molecule has 25 heavy (non-hydrogen) atoms. The first-order valence-electron chi connectivity index (χ1n) is 7.86. The molecule has 0 saturated carbocycles. The Balaban J connectivity index is 1.75. The molecule has 0 fully saturated rings. The van der Waals surface area contributed by atoms with Crippen LogP contribution in [0, 0.1) is 6.92 Å². The zero-order chi connectivity index (χ0) is 18.0. The van der Waals surface area contributed by atoms with Crippen molar-refractivity contribution in [3.05, 3.63) is 63.4 Å². The van der Waals surface area contributed by atoms with Gasteiger partial charge >= 0.3 is 5.97 Å². The first kappa shape index (κ1) is 17.4. The van der Waals surface area contributed by atoms with Gasteiger partial charge in [-0.25, -0.2) is 17.9 Å². The Bertz CT molecular complexity index is 940. The molecule has 7 heteroatoms. The highest BCUT2D eigenvalue weighted by Crippen LogP contribution is 2.26. The molecule has 1 aromatic carbocycles. The molecule has 0 atom stereocenters. The van der Waals surface area contributed by atoms with E-state index in [0.717, 1.165) is 11.1 Å². The summed E-state index contributed by atoms with van der Waals surface area (Å²) in [5, 5.41) is 0. The van der Waals surface area contributed by atoms with E-state index in [1.807, 2.05) is 24.3 Å². The summed E-state index contributed by atoms with van der Waals surface area (Å²) in [6.45, 7) is 1.60. The van der Waals surface area contributed by atoms with Crippen LogP contribution in [0.15, 0.2) is 39.7 Å². The van der Waals surface area contributed by atoms with Crippen LogP contribution in [-0.4, -0.2) is 21.5 Å². The number of ether oxygens (including phenoxy) is 1. The molecule has 0 aliphatic heterocycles. The Hall–Kier alpha value is -2.38. The summed E-state index contributed by atoms with van der Waals surface area (Å²) in [6, 6.07) is 9.24. The van der Waals surface area contributed by atoms with Gasteiger partial charge in [-0.2, -0.15) is 0 Å². The third kappa shape index (κ3) is 3.67. The van der Waals surface area contributed by atoms with Gasteiger partial charge in [0.25, 0.3) is 0 Å². The zero-order valence-corrected chi connectivity index (χ0v) is 14.9. The summed E-state index contributed by atoms with van der Waals surface area (Å²) in [5.41, 5.74) is 2.37. The Kier molecular flexibility index (Phi) is 4.78. The summed E-state index contributed by atoms with van der Waals surface area (Å²) < 4.78 is 37.7. The molecule has 0 bridgehead atoms. The van der Waals surface area contributed by atoms with Gasteiger partial charge in [-0.1, -0.05) is 24.3 Å². The summed E-state index contributed by atoms with van der Waals surface area (Å²) in [4.78, 5) is 11.9. The van der Waals surface area contributed by atoms with E-state index in [1.165, 1.54) is 13.2 Å². The molecule has 0 saturated heterocycles. The summed E-state index contributed by atoms with van der Waals surface area (Å²) >= 11 is 0. The minimum Gasteiger partial charge on any atom is -0.465 e. The van der Waals surface area contributed by atoms with Gasteiger partial charge in [-0.05, 0) is 43.0 Å². The van der Waals surface area contributed by atoms with Gasteiger partial charge in [0, 0.05) is 0 Å². The zero-order valence-electron chi connectivity index (χ0n) is 14.0. The van der Waals surface area contributed by atoms with Crippen molar-refractivity contribution in [3.63, 3.8) is 0 Å². The number of benzene rings is 1. The van der Waals surface area contributed by atoms with Crippen LogP contribution >= 0.6 is 0 Å². The van der Waals surface area contributed by atoms with E-state index in [4.69, 9.17) is 4.42 Å². The topological polar surface area (TPSA) is 85.6 Å². The van der Waals surface area contributed by atoms with Crippen molar-refractivity contribution in [1.29, 1.82) is 0 Å². The first-order valence-corrected chi connectivity index (χ1v) is 9.35. The van der Waals surface area contributed by atoms with Gasteiger partial charge in [-0.15, -0.1) is 0 Å². The number of esters is 1. The smallest absolute Gasteiger partial charge is 0.341 e. The van der Waals surface area contributed by atoms with Crippen molar-refractivity contribution in [2.24, 2.45) is 0 Å². The van der Waals surface area contributed by atoms with E-state index in [1.54, 1.807) is 13.0 Å². The number of furan rings is 1. The maximum atomic E-state index is 12.5. The largest absolute Gasteiger partial charge is 0.465 e. The average molecular weight is 361 g/mol. The fraction of sp³-hybridized carbons (Fsp3) is 0.278. The molecule has 0 amide bonds. The van der Waals surface area contributed by atoms with E-state index in [9.17, 15) is 13.2 Å². The number of carbonyl (C=O) groups excluding carboxylic acids is 1. The quantitative estimate of drug-likeness (QED) is 0.828. The molecule has 0 radical (unpaired) electrons. The minimum absolute atomic E-state index is 0.0286. The number of allylic oxidation sites excluding steroid dienone is 1. The normalized spacial score (nSPS) is 13.9. The van der Waals surface area contributed by atoms with Crippen molar-refractivity contribution in [3.8, 4) is 0 Å². The molecule has 1 heterocycles. The van der Waals surface area contributed by atoms with Crippen LogP contribution in [0.5, 0.6) is 0 Å². The van der Waals surface area contributed by atoms with Crippen LogP contribution in [0.3, 0.4) is 0 Å². The van der Waals surface area contributed by atoms with Gasteiger partial charge in [0.15, 0.2) is 0 Å². The van der Waals surface area contributed by atoms with E-state index in [2.05, 4.69) is 9.46 Å². The molecule has 6 nitrogen and oxygen atoms in total. The fourth-order valence-corrected chi connectivity index (χ4v) is 3.99. The van der Waals surface area contributed by atoms with Gasteiger partial charge in [0.05, 0.1) is 18.6 Å². The Morgan fingerprint density at radius 2 is 2.04 bits per heavy atom. The number of rotatable bonds is 5. The third-order valence-corrected chi connectivity index (χ3v) is 5.70. The monoisotopic (exact) mass is 361 g/mol. The van der Waals surface area contributed by atoms with Crippen LogP contribution < -0.4 is 4.72 Å². The van der Waals surface area contributed by atoms with E-state index in [0.29, 0.717) is 34.8 Å². The molecular weight excluding hydrogens is 342 g/mol. The maximum Gasteiger partial charge on any atom is 0.341 e. The lowest BCUT2D eigenvalue weighted by Crippen LogP contribution is -2.25. The standard InChI is InChI=1S/C18H19NO5S/c1-12-17(18(20)23-2)10-15(24-12)11-19-25(21,22)16-8-7-13-5-3-4-6-14(13)9-16/h3-6,9-10,19H,7-8,11H2,1-2H3. The number of sulfonamides is 1. The molecule has 0 spiro atoms. The lowest BCUT2D eigenvalue weighted by atomic mass is 9.98. The molecular formula is C18H19NO5S. The summed E-state index contributed by atoms with van der Waals surface area (Å²) in [5.74, 6) is 0.243. The number of aryl methyl sites for hydroxylation is 2. The Morgan fingerprint density at radius 1 is 1.28 bits per heavy atom. The van der Waals surface area contributed by atoms with Gasteiger partial charge in [-0.3, -0.25) is 0 Å². The highest BCUT2D eigenvalue weighted by atomic mass is 32.2. The van der Waals surface area contributed by atoms with Crippen molar-refractivity contribution in [1.82, 2.24) is 4.72 Å². The molecule has 1 aliphatic carbocycles. The predicted molar refractivity (Wildman–Crippen MR) is 93.3 cm³/mol. The summed E-state index contributed by atoms with van der Waals surface area (Å²) in [7, 11) is -2.34. The average Bonchev–Trinajstić information content (AvgIpc) is 3.00. The number of carbonyl (C=O) groups is 1. The van der Waals surface area contributed by atoms with Crippen LogP contribution in [0.1, 0.15) is 39.4 Å². The van der Waals surface area contributed by atoms with Crippen LogP contribution in [0.2, 0.25) is 0 Å². The second-order valence-electron chi connectivity index (χ2n) is 5.81. The molecule has 1 aromatic heterocycles. The van der Waals surface area contributed by atoms with E-state index >= 15 is 0 Å². The van der Waals surface area contributed by atoms with Gasteiger partial charge in [0.2, 0.25) is 10.0 Å². The van der Waals surface area contributed by atoms with Gasteiger partial charge < -0.3 is 9.15 Å². The number of methoxy groups -OCH3 is 1. The van der Waals surface area contributed by atoms with Crippen LogP contribution in [0.25, 0.3) is 6.08 Å². The summed E-state index contributed by atoms with van der Waals surface area (Å²) in [6.07, 6.45) is 2.85. The lowest BCUT2D eigenvalue weighted by molar-refractivity contribution is 0.0599. The SMILES string of the molecule is COC(=O)c1cc(CNS(=O)(=O)C2=Cc3ccccc3CC2)oc1C. The molecule has 1 N–H and O–H groups in total. The molecule has 2 aromatic rings. The van der Waals surface area contributed by atoms with E-state index < -0.39 is 16.0 Å². The Morgan fingerprint density at radius 3 is 2.80 bits per heavy atom. The first-order chi connectivity index (χ1) is 11.9. The van der Waals surface area contributed by atoms with E-state index in [-0.39, 0.29) is 6.54 Å². The van der Waals surface area contributed by atoms with Crippen molar-refractivity contribution in [2.75, 3.05) is 7.11 Å². The van der Waals surface area contributed by atoms with Crippen LogP contribution in [0.4, 0.5) is 0 Å². The number of hydrogen-bond acceptors (Lipinski definition) is 5. The maximum absolute atomic E-state index is 12.5. The molecule has 3 rings (SSSR count).